The predicted octanol–water partition coefficient (Wildman–Crippen LogP) is 4.73. The zero-order valence-corrected chi connectivity index (χ0v) is 13.9. The Morgan fingerprint density at radius 2 is 1.74 bits per heavy atom. The molecule has 1 atom stereocenters. The van der Waals surface area contributed by atoms with E-state index >= 15 is 0 Å². The molecule has 0 bridgehead atoms. The molecule has 1 aromatic rings. The summed E-state index contributed by atoms with van der Waals surface area (Å²) in [5.41, 5.74) is 4.17. The normalized spacial score (nSPS) is 12.9. The Labute approximate surface area is 123 Å². The molecule has 0 saturated carbocycles. The quantitative estimate of drug-likeness (QED) is 0.690. The summed E-state index contributed by atoms with van der Waals surface area (Å²) in [7, 11) is 0. The smallest absolute Gasteiger partial charge is 0.0411 e. The average Bonchev–Trinajstić information content (AvgIpc) is 2.31. The van der Waals surface area contributed by atoms with Crippen LogP contribution in [-0.4, -0.2) is 18.1 Å². The molecule has 108 valence electrons. The van der Waals surface area contributed by atoms with E-state index in [1.165, 1.54) is 34.6 Å². The molecule has 0 spiro atoms. The number of hydrogen-bond donors (Lipinski definition) is 1. The van der Waals surface area contributed by atoms with Crippen LogP contribution in [0.3, 0.4) is 0 Å². The molecule has 1 N–H and O–H groups in total. The van der Waals surface area contributed by atoms with Gasteiger partial charge in [0.15, 0.2) is 0 Å². The Hall–Kier alpha value is -0.470. The fourth-order valence-corrected chi connectivity index (χ4v) is 3.60. The second-order valence-corrected chi connectivity index (χ2v) is 6.94. The van der Waals surface area contributed by atoms with Crippen LogP contribution in [0.5, 0.6) is 0 Å². The lowest BCUT2D eigenvalue weighted by Gasteiger charge is -2.19. The standard InChI is InChI=1S/C17H29NS/c1-6-18-17(12-19-8-7-13(2)3)16-10-14(4)9-15(5)11-16/h9-11,13,17-18H,6-8,12H2,1-5H3. The molecule has 1 nitrogen and oxygen atoms in total. The maximum Gasteiger partial charge on any atom is 0.0411 e. The summed E-state index contributed by atoms with van der Waals surface area (Å²) in [6.45, 7) is 12.2. The van der Waals surface area contributed by atoms with Crippen LogP contribution in [0.15, 0.2) is 18.2 Å². The highest BCUT2D eigenvalue weighted by atomic mass is 32.2. The van der Waals surface area contributed by atoms with Crippen LogP contribution in [0.2, 0.25) is 0 Å². The lowest BCUT2D eigenvalue weighted by molar-refractivity contribution is 0.602. The molecule has 1 aromatic carbocycles. The van der Waals surface area contributed by atoms with Crippen LogP contribution in [0.25, 0.3) is 0 Å². The van der Waals surface area contributed by atoms with E-state index in [9.17, 15) is 0 Å². The zero-order valence-electron chi connectivity index (χ0n) is 13.1. The SMILES string of the molecule is CCNC(CSCCC(C)C)c1cc(C)cc(C)c1. The Morgan fingerprint density at radius 3 is 2.26 bits per heavy atom. The van der Waals surface area contributed by atoms with Gasteiger partial charge in [0.1, 0.15) is 0 Å². The molecule has 1 unspecified atom stereocenters. The van der Waals surface area contributed by atoms with Gasteiger partial charge in [-0.25, -0.2) is 0 Å². The molecule has 0 saturated heterocycles. The summed E-state index contributed by atoms with van der Waals surface area (Å²) < 4.78 is 0. The van der Waals surface area contributed by atoms with Crippen molar-refractivity contribution in [3.63, 3.8) is 0 Å². The Balaban J connectivity index is 2.60. The molecule has 0 heterocycles. The van der Waals surface area contributed by atoms with Gasteiger partial charge in [-0.05, 0) is 44.0 Å². The summed E-state index contributed by atoms with van der Waals surface area (Å²) >= 11 is 2.07. The first-order chi connectivity index (χ1) is 9.02. The molecule has 19 heavy (non-hydrogen) atoms. The van der Waals surface area contributed by atoms with Gasteiger partial charge in [0, 0.05) is 11.8 Å². The molecule has 0 radical (unpaired) electrons. The van der Waals surface area contributed by atoms with Gasteiger partial charge in [-0.15, -0.1) is 0 Å². The third-order valence-electron chi connectivity index (χ3n) is 3.22. The lowest BCUT2D eigenvalue weighted by Crippen LogP contribution is -2.23. The molecule has 0 amide bonds. The highest BCUT2D eigenvalue weighted by Gasteiger charge is 2.11. The van der Waals surface area contributed by atoms with Gasteiger partial charge in [-0.1, -0.05) is 50.1 Å². The second kappa shape index (κ2) is 8.65. The van der Waals surface area contributed by atoms with E-state index in [4.69, 9.17) is 0 Å². The first kappa shape index (κ1) is 16.6. The van der Waals surface area contributed by atoms with Crippen LogP contribution in [-0.2, 0) is 0 Å². The molecular formula is C17H29NS. The van der Waals surface area contributed by atoms with Crippen molar-refractivity contribution in [1.82, 2.24) is 5.32 Å². The Kier molecular flexibility index (Phi) is 7.55. The van der Waals surface area contributed by atoms with Crippen molar-refractivity contribution >= 4 is 11.8 Å². The zero-order chi connectivity index (χ0) is 14.3. The van der Waals surface area contributed by atoms with Crippen LogP contribution < -0.4 is 5.32 Å². The van der Waals surface area contributed by atoms with Gasteiger partial charge in [0.05, 0.1) is 0 Å². The Morgan fingerprint density at radius 1 is 1.11 bits per heavy atom. The van der Waals surface area contributed by atoms with Gasteiger partial charge in [0.2, 0.25) is 0 Å². The summed E-state index contributed by atoms with van der Waals surface area (Å²) in [5, 5.41) is 3.62. The number of rotatable bonds is 8. The highest BCUT2D eigenvalue weighted by Crippen LogP contribution is 2.22. The fourth-order valence-electron chi connectivity index (χ4n) is 2.25. The van der Waals surface area contributed by atoms with E-state index in [1.54, 1.807) is 0 Å². The van der Waals surface area contributed by atoms with Crippen molar-refractivity contribution in [2.75, 3.05) is 18.1 Å². The molecule has 1 rings (SSSR count). The van der Waals surface area contributed by atoms with E-state index in [0.717, 1.165) is 12.5 Å². The van der Waals surface area contributed by atoms with E-state index in [2.05, 4.69) is 69.9 Å². The van der Waals surface area contributed by atoms with E-state index < -0.39 is 0 Å². The maximum atomic E-state index is 3.62. The van der Waals surface area contributed by atoms with Crippen LogP contribution in [0.4, 0.5) is 0 Å². The molecular weight excluding hydrogens is 250 g/mol. The second-order valence-electron chi connectivity index (χ2n) is 5.79. The monoisotopic (exact) mass is 279 g/mol. The van der Waals surface area contributed by atoms with Gasteiger partial charge in [-0.2, -0.15) is 11.8 Å². The number of benzene rings is 1. The van der Waals surface area contributed by atoms with Crippen molar-refractivity contribution in [1.29, 1.82) is 0 Å². The number of hydrogen-bond acceptors (Lipinski definition) is 2. The third kappa shape index (κ3) is 6.49. The van der Waals surface area contributed by atoms with Gasteiger partial charge >= 0.3 is 0 Å². The third-order valence-corrected chi connectivity index (χ3v) is 4.31. The minimum atomic E-state index is 0.487. The first-order valence-electron chi connectivity index (χ1n) is 7.42. The molecule has 0 aliphatic heterocycles. The molecule has 2 heteroatoms. The van der Waals surface area contributed by atoms with Crippen LogP contribution >= 0.6 is 11.8 Å². The van der Waals surface area contributed by atoms with Crippen LogP contribution in [0.1, 0.15) is 49.9 Å². The highest BCUT2D eigenvalue weighted by molar-refractivity contribution is 7.99. The lowest BCUT2D eigenvalue weighted by atomic mass is 10.0. The van der Waals surface area contributed by atoms with E-state index in [0.29, 0.717) is 6.04 Å². The van der Waals surface area contributed by atoms with Crippen molar-refractivity contribution in [3.8, 4) is 0 Å². The van der Waals surface area contributed by atoms with Gasteiger partial charge in [-0.3, -0.25) is 0 Å². The van der Waals surface area contributed by atoms with Gasteiger partial charge < -0.3 is 5.32 Å². The molecule has 0 aliphatic rings. The summed E-state index contributed by atoms with van der Waals surface area (Å²) in [4.78, 5) is 0. The van der Waals surface area contributed by atoms with Crippen LogP contribution in [0, 0.1) is 19.8 Å². The summed E-state index contributed by atoms with van der Waals surface area (Å²) in [6, 6.07) is 7.38. The maximum absolute atomic E-state index is 3.62. The van der Waals surface area contributed by atoms with Crippen molar-refractivity contribution < 1.29 is 0 Å². The molecule has 0 aliphatic carbocycles. The minimum Gasteiger partial charge on any atom is -0.310 e. The van der Waals surface area contributed by atoms with Crippen molar-refractivity contribution in [3.05, 3.63) is 34.9 Å². The summed E-state index contributed by atoms with van der Waals surface area (Å²) in [6.07, 6.45) is 1.32. The van der Waals surface area contributed by atoms with Gasteiger partial charge in [0.25, 0.3) is 0 Å². The van der Waals surface area contributed by atoms with Crippen molar-refractivity contribution in [2.24, 2.45) is 5.92 Å². The predicted molar refractivity (Wildman–Crippen MR) is 89.1 cm³/mol. The van der Waals surface area contributed by atoms with E-state index in [1.807, 2.05) is 0 Å². The average molecular weight is 279 g/mol. The molecule has 0 fully saturated rings. The largest absolute Gasteiger partial charge is 0.310 e. The topological polar surface area (TPSA) is 12.0 Å². The van der Waals surface area contributed by atoms with Crippen molar-refractivity contribution in [2.45, 2.75) is 47.1 Å². The Bertz CT molecular complexity index is 353. The minimum absolute atomic E-state index is 0.487. The fraction of sp³-hybridized carbons (Fsp3) is 0.647. The van der Waals surface area contributed by atoms with E-state index in [-0.39, 0.29) is 0 Å². The number of nitrogens with one attached hydrogen (secondary N) is 1. The summed E-state index contributed by atoms with van der Waals surface area (Å²) in [5.74, 6) is 3.25. The number of thioether (sulfide) groups is 1. The number of aryl methyl sites for hydroxylation is 2. The molecule has 0 aromatic heterocycles. The first-order valence-corrected chi connectivity index (χ1v) is 8.57.